The van der Waals surface area contributed by atoms with Crippen LogP contribution in [0.2, 0.25) is 10.0 Å². The molecule has 1 aromatic rings. The second-order valence-electron chi connectivity index (χ2n) is 2.57. The van der Waals surface area contributed by atoms with Gasteiger partial charge in [-0.1, -0.05) is 23.2 Å². The number of carbonyl (C=O) groups excluding carboxylic acids is 2. The van der Waals surface area contributed by atoms with Crippen LogP contribution >= 0.6 is 23.2 Å². The SMILES string of the molecule is NC(=O)NC(=O)Nc1ccc(Cl)cc1Cl. The second-order valence-corrected chi connectivity index (χ2v) is 3.41. The van der Waals surface area contributed by atoms with E-state index in [-0.39, 0.29) is 5.02 Å². The van der Waals surface area contributed by atoms with Gasteiger partial charge in [0.1, 0.15) is 0 Å². The second kappa shape index (κ2) is 4.86. The highest BCUT2D eigenvalue weighted by atomic mass is 35.5. The van der Waals surface area contributed by atoms with Crippen LogP contribution in [0.5, 0.6) is 0 Å². The van der Waals surface area contributed by atoms with E-state index in [1.165, 1.54) is 12.1 Å². The number of anilines is 1. The van der Waals surface area contributed by atoms with Crippen molar-refractivity contribution >= 4 is 41.0 Å². The Balaban J connectivity index is 2.72. The van der Waals surface area contributed by atoms with Crippen molar-refractivity contribution in [1.29, 1.82) is 0 Å². The fraction of sp³-hybridized carbons (Fsp3) is 0. The van der Waals surface area contributed by atoms with Gasteiger partial charge in [-0.15, -0.1) is 0 Å². The predicted octanol–water partition coefficient (Wildman–Crippen LogP) is 2.19. The van der Waals surface area contributed by atoms with Crippen LogP contribution in [0.25, 0.3) is 0 Å². The zero-order valence-electron chi connectivity index (χ0n) is 7.38. The summed E-state index contributed by atoms with van der Waals surface area (Å²) < 4.78 is 0. The van der Waals surface area contributed by atoms with Crippen molar-refractivity contribution in [2.45, 2.75) is 0 Å². The molecule has 1 aromatic carbocycles. The van der Waals surface area contributed by atoms with Crippen molar-refractivity contribution in [3.63, 3.8) is 0 Å². The molecule has 0 fully saturated rings. The first-order valence-corrected chi connectivity index (χ1v) is 4.57. The van der Waals surface area contributed by atoms with Crippen LogP contribution in [0, 0.1) is 0 Å². The summed E-state index contributed by atoms with van der Waals surface area (Å²) >= 11 is 11.4. The van der Waals surface area contributed by atoms with Crippen molar-refractivity contribution in [1.82, 2.24) is 5.32 Å². The van der Waals surface area contributed by atoms with Crippen molar-refractivity contribution in [3.8, 4) is 0 Å². The highest BCUT2D eigenvalue weighted by molar-refractivity contribution is 6.36. The normalized spacial score (nSPS) is 9.47. The molecule has 0 unspecified atom stereocenters. The average molecular weight is 248 g/mol. The summed E-state index contributed by atoms with van der Waals surface area (Å²) in [5.74, 6) is 0. The van der Waals surface area contributed by atoms with E-state index in [9.17, 15) is 9.59 Å². The molecule has 4 amide bonds. The van der Waals surface area contributed by atoms with E-state index in [4.69, 9.17) is 28.9 Å². The molecule has 0 atom stereocenters. The third kappa shape index (κ3) is 3.65. The van der Waals surface area contributed by atoms with Crippen LogP contribution in [0.1, 0.15) is 0 Å². The molecule has 0 heterocycles. The van der Waals surface area contributed by atoms with E-state index >= 15 is 0 Å². The molecule has 0 bridgehead atoms. The number of hydrogen-bond acceptors (Lipinski definition) is 2. The molecule has 0 aromatic heterocycles. The van der Waals surface area contributed by atoms with Crippen LogP contribution < -0.4 is 16.4 Å². The summed E-state index contributed by atoms with van der Waals surface area (Å²) in [4.78, 5) is 21.4. The zero-order valence-corrected chi connectivity index (χ0v) is 8.89. The number of imide groups is 1. The maximum absolute atomic E-state index is 11.0. The highest BCUT2D eigenvalue weighted by Crippen LogP contribution is 2.25. The summed E-state index contributed by atoms with van der Waals surface area (Å²) in [6.07, 6.45) is 0. The first kappa shape index (κ1) is 11.6. The molecule has 0 radical (unpaired) electrons. The van der Waals surface area contributed by atoms with Gasteiger partial charge in [0.05, 0.1) is 10.7 Å². The minimum atomic E-state index is -0.947. The van der Waals surface area contributed by atoms with Gasteiger partial charge in [-0.3, -0.25) is 5.32 Å². The zero-order chi connectivity index (χ0) is 11.4. The van der Waals surface area contributed by atoms with Gasteiger partial charge in [-0.25, -0.2) is 9.59 Å². The van der Waals surface area contributed by atoms with Crippen molar-refractivity contribution < 1.29 is 9.59 Å². The molecule has 0 aliphatic carbocycles. The van der Waals surface area contributed by atoms with Gasteiger partial charge >= 0.3 is 12.1 Å². The Labute approximate surface area is 95.5 Å². The standard InChI is InChI=1S/C8H7Cl2N3O2/c9-4-1-2-6(5(10)3-4)12-8(15)13-7(11)14/h1-3H,(H4,11,12,13,14,15). The van der Waals surface area contributed by atoms with Crippen LogP contribution in [-0.4, -0.2) is 12.1 Å². The van der Waals surface area contributed by atoms with Crippen LogP contribution in [-0.2, 0) is 0 Å². The fourth-order valence-electron chi connectivity index (χ4n) is 0.856. The number of nitrogens with one attached hydrogen (secondary N) is 2. The maximum atomic E-state index is 11.0. The molecule has 0 spiro atoms. The number of urea groups is 2. The number of carbonyl (C=O) groups is 2. The largest absolute Gasteiger partial charge is 0.351 e. The number of benzene rings is 1. The minimum absolute atomic E-state index is 0.266. The summed E-state index contributed by atoms with van der Waals surface area (Å²) in [7, 11) is 0. The third-order valence-electron chi connectivity index (χ3n) is 1.42. The lowest BCUT2D eigenvalue weighted by Crippen LogP contribution is -2.38. The van der Waals surface area contributed by atoms with Gasteiger partial charge in [0.25, 0.3) is 0 Å². The molecule has 80 valence electrons. The molecule has 7 heteroatoms. The Morgan fingerprint density at radius 3 is 2.47 bits per heavy atom. The number of halogens is 2. The van der Waals surface area contributed by atoms with Crippen molar-refractivity contribution in [3.05, 3.63) is 28.2 Å². The summed E-state index contributed by atoms with van der Waals surface area (Å²) in [6, 6.07) is 2.81. The highest BCUT2D eigenvalue weighted by Gasteiger charge is 2.07. The molecule has 0 saturated carbocycles. The first-order valence-electron chi connectivity index (χ1n) is 3.81. The van der Waals surface area contributed by atoms with E-state index in [1.807, 2.05) is 5.32 Å². The molecule has 15 heavy (non-hydrogen) atoms. The molecule has 1 rings (SSSR count). The number of rotatable bonds is 1. The first-order chi connectivity index (χ1) is 6.99. The Bertz CT molecular complexity index is 409. The van der Waals surface area contributed by atoms with Crippen LogP contribution in [0.3, 0.4) is 0 Å². The van der Waals surface area contributed by atoms with Gasteiger partial charge in [0.2, 0.25) is 0 Å². The smallest absolute Gasteiger partial charge is 0.327 e. The lowest BCUT2D eigenvalue weighted by Gasteiger charge is -2.06. The summed E-state index contributed by atoms with van der Waals surface area (Å²) in [5, 5.41) is 4.87. The minimum Gasteiger partial charge on any atom is -0.351 e. The van der Waals surface area contributed by atoms with Gasteiger partial charge in [-0.2, -0.15) is 0 Å². The van der Waals surface area contributed by atoms with Gasteiger partial charge in [-0.05, 0) is 18.2 Å². The molecule has 0 aliphatic rings. The number of hydrogen-bond donors (Lipinski definition) is 3. The lowest BCUT2D eigenvalue weighted by atomic mass is 10.3. The quantitative estimate of drug-likeness (QED) is 0.711. The summed E-state index contributed by atoms with van der Waals surface area (Å²) in [5.41, 5.74) is 5.08. The predicted molar refractivity (Wildman–Crippen MR) is 58.2 cm³/mol. The molecular weight excluding hydrogens is 241 g/mol. The molecule has 0 aliphatic heterocycles. The van der Waals surface area contributed by atoms with E-state index in [1.54, 1.807) is 6.07 Å². The van der Waals surface area contributed by atoms with Gasteiger partial charge < -0.3 is 11.1 Å². The average Bonchev–Trinajstić information content (AvgIpc) is 2.08. The molecule has 0 saturated heterocycles. The van der Waals surface area contributed by atoms with Crippen LogP contribution in [0.15, 0.2) is 18.2 Å². The van der Waals surface area contributed by atoms with Gasteiger partial charge in [0.15, 0.2) is 0 Å². The van der Waals surface area contributed by atoms with E-state index in [0.29, 0.717) is 10.7 Å². The van der Waals surface area contributed by atoms with Gasteiger partial charge in [0, 0.05) is 5.02 Å². The van der Waals surface area contributed by atoms with Crippen molar-refractivity contribution in [2.75, 3.05) is 5.32 Å². The fourth-order valence-corrected chi connectivity index (χ4v) is 1.31. The monoisotopic (exact) mass is 247 g/mol. The van der Waals surface area contributed by atoms with E-state index in [2.05, 4.69) is 5.32 Å². The Hall–Kier alpha value is -1.46. The number of primary amides is 1. The topological polar surface area (TPSA) is 84.2 Å². The number of nitrogens with two attached hydrogens (primary N) is 1. The molecule has 5 nitrogen and oxygen atoms in total. The lowest BCUT2D eigenvalue weighted by molar-refractivity contribution is 0.238. The van der Waals surface area contributed by atoms with Crippen molar-refractivity contribution in [2.24, 2.45) is 5.73 Å². The van der Waals surface area contributed by atoms with E-state index in [0.717, 1.165) is 0 Å². The Morgan fingerprint density at radius 1 is 1.27 bits per heavy atom. The van der Waals surface area contributed by atoms with Crippen LogP contribution in [0.4, 0.5) is 15.3 Å². The molecule has 4 N–H and O–H groups in total. The summed E-state index contributed by atoms with van der Waals surface area (Å²) in [6.45, 7) is 0. The Morgan fingerprint density at radius 2 is 1.93 bits per heavy atom. The van der Waals surface area contributed by atoms with E-state index < -0.39 is 12.1 Å². The third-order valence-corrected chi connectivity index (χ3v) is 1.96. The Kier molecular flexibility index (Phi) is 3.76. The number of amides is 4. The maximum Gasteiger partial charge on any atom is 0.327 e. The molecular formula is C8H7Cl2N3O2.